The smallest absolute Gasteiger partial charge is 0.260 e. The van der Waals surface area contributed by atoms with Crippen molar-refractivity contribution >= 4 is 5.91 Å². The number of halogens is 1. The van der Waals surface area contributed by atoms with Gasteiger partial charge in [0, 0.05) is 6.20 Å². The monoisotopic (exact) mass is 341 g/mol. The average Bonchev–Trinajstić information content (AvgIpc) is 3.21. The molecule has 25 heavy (non-hydrogen) atoms. The van der Waals surface area contributed by atoms with E-state index in [0.29, 0.717) is 11.6 Å². The lowest BCUT2D eigenvalue weighted by molar-refractivity contribution is 0.0949. The highest BCUT2D eigenvalue weighted by Gasteiger charge is 2.21. The van der Waals surface area contributed by atoms with Gasteiger partial charge >= 0.3 is 0 Å². The third kappa shape index (κ3) is 3.15. The van der Waals surface area contributed by atoms with Gasteiger partial charge in [0.15, 0.2) is 5.82 Å². The van der Waals surface area contributed by atoms with E-state index in [2.05, 4.69) is 20.6 Å². The zero-order chi connectivity index (χ0) is 17.2. The molecule has 0 aliphatic heterocycles. The molecule has 1 fully saturated rings. The first kappa shape index (κ1) is 15.5. The summed E-state index contributed by atoms with van der Waals surface area (Å²) in [7, 11) is 0. The molecule has 1 saturated carbocycles. The van der Waals surface area contributed by atoms with Crippen LogP contribution in [0, 0.1) is 5.82 Å². The highest BCUT2D eigenvalue weighted by atomic mass is 19.1. The normalized spacial score (nSPS) is 14.3. The first-order valence-corrected chi connectivity index (χ1v) is 8.10. The molecular weight excluding hydrogens is 325 g/mol. The first-order chi connectivity index (χ1) is 12.2. The molecule has 0 radical (unpaired) electrons. The third-order valence-electron chi connectivity index (χ3n) is 4.29. The third-order valence-corrected chi connectivity index (χ3v) is 4.29. The molecule has 0 saturated heterocycles. The lowest BCUT2D eigenvalue weighted by Gasteiger charge is -2.25. The second-order valence-electron chi connectivity index (χ2n) is 5.97. The maximum Gasteiger partial charge on any atom is 0.260 e. The van der Waals surface area contributed by atoms with Gasteiger partial charge in [-0.3, -0.25) is 9.48 Å². The summed E-state index contributed by atoms with van der Waals surface area (Å²) in [5.74, 6) is -0.342. The van der Waals surface area contributed by atoms with Crippen LogP contribution >= 0.6 is 0 Å². The molecule has 8 heteroatoms. The molecule has 4 rings (SSSR count). The quantitative estimate of drug-likeness (QED) is 0.771. The molecule has 1 amide bonds. The molecule has 2 aromatic heterocycles. The summed E-state index contributed by atoms with van der Waals surface area (Å²) < 4.78 is 20.6. The van der Waals surface area contributed by atoms with Gasteiger partial charge in [-0.05, 0) is 31.4 Å². The predicted octanol–water partition coefficient (Wildman–Crippen LogP) is 2.73. The molecule has 1 N–H and O–H groups in total. The number of carbonyl (C=O) groups excluding carboxylic acids is 1. The van der Waals surface area contributed by atoms with Crippen molar-refractivity contribution in [3.63, 3.8) is 0 Å². The van der Waals surface area contributed by atoms with Crippen molar-refractivity contribution in [1.82, 2.24) is 25.2 Å². The average molecular weight is 341 g/mol. The minimum absolute atomic E-state index is 0.0835. The number of nitrogens with zero attached hydrogens (tertiary/aromatic N) is 4. The molecule has 0 bridgehead atoms. The van der Waals surface area contributed by atoms with Gasteiger partial charge in [-0.2, -0.15) is 10.1 Å². The van der Waals surface area contributed by atoms with E-state index < -0.39 is 5.82 Å². The van der Waals surface area contributed by atoms with Crippen LogP contribution in [0.15, 0.2) is 41.2 Å². The van der Waals surface area contributed by atoms with Gasteiger partial charge in [0.2, 0.25) is 0 Å². The number of rotatable bonds is 5. The molecule has 7 nitrogen and oxygen atoms in total. The molecule has 1 aliphatic carbocycles. The van der Waals surface area contributed by atoms with Gasteiger partial charge in [-0.1, -0.05) is 17.3 Å². The lowest BCUT2D eigenvalue weighted by Crippen LogP contribution is -2.23. The Labute approximate surface area is 142 Å². The van der Waals surface area contributed by atoms with Gasteiger partial charge in [0.05, 0.1) is 29.9 Å². The summed E-state index contributed by atoms with van der Waals surface area (Å²) in [4.78, 5) is 16.3. The standard InChI is InChI=1S/C17H16FN5O2/c18-14-7-2-1-6-13(14)17-21-15(22-25-17)9-19-16(24)11-8-20-23(10-11)12-4-3-5-12/h1-2,6-8,10,12H,3-5,9H2,(H,19,24). The van der Waals surface area contributed by atoms with E-state index in [-0.39, 0.29) is 29.7 Å². The Hall–Kier alpha value is -3.03. The zero-order valence-corrected chi connectivity index (χ0v) is 13.4. The zero-order valence-electron chi connectivity index (χ0n) is 13.4. The highest BCUT2D eigenvalue weighted by Crippen LogP contribution is 2.30. The Kier molecular flexibility index (Phi) is 4.01. The maximum absolute atomic E-state index is 13.7. The fraction of sp³-hybridized carbons (Fsp3) is 0.294. The van der Waals surface area contributed by atoms with E-state index in [0.717, 1.165) is 12.8 Å². The van der Waals surface area contributed by atoms with E-state index in [1.165, 1.54) is 12.5 Å². The van der Waals surface area contributed by atoms with Gasteiger partial charge in [0.25, 0.3) is 11.8 Å². The number of aromatic nitrogens is 4. The van der Waals surface area contributed by atoms with Crippen LogP contribution < -0.4 is 5.32 Å². The number of carbonyl (C=O) groups is 1. The van der Waals surface area contributed by atoms with Crippen LogP contribution in [0.25, 0.3) is 11.5 Å². The van der Waals surface area contributed by atoms with Crippen molar-refractivity contribution in [2.24, 2.45) is 0 Å². The first-order valence-electron chi connectivity index (χ1n) is 8.10. The number of amides is 1. The topological polar surface area (TPSA) is 85.8 Å². The molecule has 2 heterocycles. The van der Waals surface area contributed by atoms with Crippen LogP contribution in [-0.2, 0) is 6.54 Å². The second-order valence-corrected chi connectivity index (χ2v) is 5.97. The molecule has 128 valence electrons. The summed E-state index contributed by atoms with van der Waals surface area (Å²) in [5, 5.41) is 10.7. The molecule has 0 unspecified atom stereocenters. The maximum atomic E-state index is 13.7. The van der Waals surface area contributed by atoms with Crippen molar-refractivity contribution in [1.29, 1.82) is 0 Å². The van der Waals surface area contributed by atoms with Crippen LogP contribution in [0.1, 0.15) is 41.5 Å². The second kappa shape index (κ2) is 6.46. The fourth-order valence-corrected chi connectivity index (χ4v) is 2.64. The van der Waals surface area contributed by atoms with E-state index >= 15 is 0 Å². The van der Waals surface area contributed by atoms with Crippen molar-refractivity contribution in [3.05, 3.63) is 53.9 Å². The molecule has 1 aliphatic rings. The van der Waals surface area contributed by atoms with Crippen LogP contribution in [0.4, 0.5) is 4.39 Å². The van der Waals surface area contributed by atoms with E-state index in [4.69, 9.17) is 4.52 Å². The minimum atomic E-state index is -0.440. The predicted molar refractivity (Wildman–Crippen MR) is 86.0 cm³/mol. The molecule has 0 spiro atoms. The van der Waals surface area contributed by atoms with Crippen LogP contribution in [0.5, 0.6) is 0 Å². The SMILES string of the molecule is O=C(NCc1noc(-c2ccccc2F)n1)c1cnn(C2CCC2)c1. The van der Waals surface area contributed by atoms with E-state index in [9.17, 15) is 9.18 Å². The summed E-state index contributed by atoms with van der Waals surface area (Å²) in [6, 6.07) is 6.55. The van der Waals surface area contributed by atoms with Crippen LogP contribution in [-0.4, -0.2) is 25.8 Å². The molecule has 3 aromatic rings. The van der Waals surface area contributed by atoms with Crippen LogP contribution in [0.3, 0.4) is 0 Å². The van der Waals surface area contributed by atoms with Gasteiger partial charge in [0.1, 0.15) is 5.82 Å². The van der Waals surface area contributed by atoms with Gasteiger partial charge in [-0.25, -0.2) is 4.39 Å². The Morgan fingerprint density at radius 2 is 2.20 bits per heavy atom. The number of benzene rings is 1. The summed E-state index contributed by atoms with van der Waals surface area (Å²) >= 11 is 0. The summed E-state index contributed by atoms with van der Waals surface area (Å²) in [6.07, 6.45) is 6.71. The Morgan fingerprint density at radius 1 is 1.36 bits per heavy atom. The summed E-state index contributed by atoms with van der Waals surface area (Å²) in [6.45, 7) is 0.0887. The Balaban J connectivity index is 1.39. The molecular formula is C17H16FN5O2. The van der Waals surface area contributed by atoms with Crippen LogP contribution in [0.2, 0.25) is 0 Å². The van der Waals surface area contributed by atoms with E-state index in [1.807, 2.05) is 4.68 Å². The van der Waals surface area contributed by atoms with Gasteiger partial charge < -0.3 is 9.84 Å². The van der Waals surface area contributed by atoms with Crippen molar-refractivity contribution in [2.75, 3.05) is 0 Å². The van der Waals surface area contributed by atoms with Crippen molar-refractivity contribution in [2.45, 2.75) is 31.8 Å². The molecule has 1 aromatic carbocycles. The fourth-order valence-electron chi connectivity index (χ4n) is 2.64. The lowest BCUT2D eigenvalue weighted by atomic mass is 9.93. The molecule has 0 atom stereocenters. The minimum Gasteiger partial charge on any atom is -0.345 e. The Morgan fingerprint density at radius 3 is 2.96 bits per heavy atom. The van der Waals surface area contributed by atoms with Crippen molar-refractivity contribution < 1.29 is 13.7 Å². The largest absolute Gasteiger partial charge is 0.345 e. The van der Waals surface area contributed by atoms with E-state index in [1.54, 1.807) is 30.6 Å². The number of nitrogens with one attached hydrogen (secondary N) is 1. The van der Waals surface area contributed by atoms with Crippen molar-refractivity contribution in [3.8, 4) is 11.5 Å². The highest BCUT2D eigenvalue weighted by molar-refractivity contribution is 5.93. The van der Waals surface area contributed by atoms with Gasteiger partial charge in [-0.15, -0.1) is 0 Å². The number of hydrogen-bond acceptors (Lipinski definition) is 5. The Bertz CT molecular complexity index is 900. The summed E-state index contributed by atoms with van der Waals surface area (Å²) in [5.41, 5.74) is 0.721. The number of hydrogen-bond donors (Lipinski definition) is 1.